The molecule has 346 valence electrons. The molecule has 11 rings (SSSR count). The first-order valence-corrected chi connectivity index (χ1v) is 24.1. The minimum atomic E-state index is -5.91. The van der Waals surface area contributed by atoms with Gasteiger partial charge in [0.1, 0.15) is 0 Å². The second-order valence-corrected chi connectivity index (χ2v) is 22.6. The molecule has 3 aliphatic heterocycles. The zero-order valence-corrected chi connectivity index (χ0v) is 38.7. The number of hydrogen-bond acceptors (Lipinski definition) is 2. The summed E-state index contributed by atoms with van der Waals surface area (Å²) in [5.41, 5.74) is 8.20. The molecular formula is C56H38F10N2Si. The number of rotatable bonds is 4. The lowest BCUT2D eigenvalue weighted by molar-refractivity contribution is 0.382. The molecule has 8 aromatic rings. The molecule has 0 spiro atoms. The molecule has 13 heteroatoms. The van der Waals surface area contributed by atoms with E-state index in [2.05, 4.69) is 27.7 Å². The quantitative estimate of drug-likeness (QED) is 0.0751. The highest BCUT2D eigenvalue weighted by molar-refractivity contribution is 7.22. The average Bonchev–Trinajstić information content (AvgIpc) is 3.61. The summed E-state index contributed by atoms with van der Waals surface area (Å²) in [7, 11) is -5.91. The van der Waals surface area contributed by atoms with Gasteiger partial charge in [0.05, 0.1) is 22.7 Å². The Kier molecular flexibility index (Phi) is 9.61. The van der Waals surface area contributed by atoms with E-state index in [0.29, 0.717) is 11.4 Å². The van der Waals surface area contributed by atoms with Gasteiger partial charge in [0, 0.05) is 32.6 Å². The molecule has 0 saturated heterocycles. The van der Waals surface area contributed by atoms with E-state index < -0.39 is 87.4 Å². The summed E-state index contributed by atoms with van der Waals surface area (Å²) in [6, 6.07) is 35.6. The summed E-state index contributed by atoms with van der Waals surface area (Å²) in [5, 5.41) is -4.14. The van der Waals surface area contributed by atoms with Crippen LogP contribution in [-0.2, 0) is 10.8 Å². The number of benzene rings is 8. The van der Waals surface area contributed by atoms with Crippen molar-refractivity contribution in [3.05, 3.63) is 213 Å². The van der Waals surface area contributed by atoms with Gasteiger partial charge < -0.3 is 9.80 Å². The Morgan fingerprint density at radius 1 is 0.362 bits per heavy atom. The van der Waals surface area contributed by atoms with Gasteiger partial charge >= 0.3 is 0 Å². The van der Waals surface area contributed by atoms with Gasteiger partial charge in [-0.1, -0.05) is 113 Å². The summed E-state index contributed by atoms with van der Waals surface area (Å²) < 4.78 is 161. The van der Waals surface area contributed by atoms with E-state index >= 15 is 43.9 Å². The first-order valence-electron chi connectivity index (χ1n) is 22.1. The topological polar surface area (TPSA) is 6.48 Å². The maximum atomic E-state index is 16.9. The molecule has 0 radical (unpaired) electrons. The molecule has 0 aromatic heterocycles. The normalized spacial score (nSPS) is 15.5. The summed E-state index contributed by atoms with van der Waals surface area (Å²) in [6.07, 6.45) is 0. The number of hydrogen-bond donors (Lipinski definition) is 0. The van der Waals surface area contributed by atoms with Gasteiger partial charge in [0.2, 0.25) is 11.6 Å². The number of halogens is 10. The van der Waals surface area contributed by atoms with Crippen molar-refractivity contribution in [3.8, 4) is 11.1 Å². The van der Waals surface area contributed by atoms with Crippen molar-refractivity contribution in [1.29, 1.82) is 0 Å². The summed E-state index contributed by atoms with van der Waals surface area (Å²) in [6.45, 7) is 12.2. The molecule has 3 heterocycles. The highest BCUT2D eigenvalue weighted by atomic mass is 28.3. The summed E-state index contributed by atoms with van der Waals surface area (Å²) in [5.74, 6) is -24.8. The van der Waals surface area contributed by atoms with Gasteiger partial charge in [-0.05, 0) is 105 Å². The molecule has 3 aliphatic rings. The minimum absolute atomic E-state index is 0.0111. The molecule has 0 atom stereocenters. The summed E-state index contributed by atoms with van der Waals surface area (Å²) in [4.78, 5) is 3.91. The number of para-hydroxylation sites is 4. The van der Waals surface area contributed by atoms with Crippen LogP contribution in [0.15, 0.2) is 121 Å². The van der Waals surface area contributed by atoms with E-state index in [9.17, 15) is 0 Å². The van der Waals surface area contributed by atoms with Gasteiger partial charge in [0.15, 0.2) is 54.6 Å². The number of fused-ring (bicyclic) bond motifs is 7. The molecule has 0 saturated carbocycles. The van der Waals surface area contributed by atoms with Crippen molar-refractivity contribution >= 4 is 62.9 Å². The Bertz CT molecular complexity index is 3290. The SMILES string of the molecule is Cc1cccc2c1N(c1ccc3c(c1)-c1cc(N4c5ccccc5C(C)(C)c5cccc(C)c54)ccc1[Si]3(c1c(F)c(F)c(F)c(F)c1F)c1c(F)c(F)c(F)c(F)c1F)c1ccccc1C2(C)C. The van der Waals surface area contributed by atoms with Crippen molar-refractivity contribution in [2.24, 2.45) is 0 Å². The predicted molar refractivity (Wildman–Crippen MR) is 252 cm³/mol. The van der Waals surface area contributed by atoms with Crippen molar-refractivity contribution in [1.82, 2.24) is 0 Å². The molecule has 0 amide bonds. The lowest BCUT2D eigenvalue weighted by Gasteiger charge is -2.43. The standard InChI is InChI=1S/C56H38F10N2Si/c1-27-13-11-17-35-51(27)67(37-19-9-7-15-33(37)55(35,3)4)29-21-23-39-31(25-29)32-26-30(68-38-20-10-8-16-34(38)56(5,6)36-18-12-14-28(2)52(36)68)22-24-40(32)69(39,53-47(63)43(59)41(57)44(60)48(53)64)54-49(65)45(61)42(58)46(62)50(54)66/h7-26H,1-6H3. The third-order valence-corrected chi connectivity index (χ3v) is 19.6. The zero-order chi connectivity index (χ0) is 49.0. The molecule has 2 nitrogen and oxygen atoms in total. The van der Waals surface area contributed by atoms with Crippen LogP contribution in [0.3, 0.4) is 0 Å². The van der Waals surface area contributed by atoms with Crippen LogP contribution in [0.4, 0.5) is 78.0 Å². The predicted octanol–water partition coefficient (Wildman–Crippen LogP) is 13.3. The molecule has 8 aromatic carbocycles. The molecule has 0 fully saturated rings. The highest BCUT2D eigenvalue weighted by Crippen LogP contribution is 2.55. The molecule has 69 heavy (non-hydrogen) atoms. The van der Waals surface area contributed by atoms with Crippen molar-refractivity contribution in [2.45, 2.75) is 52.4 Å². The van der Waals surface area contributed by atoms with E-state index in [-0.39, 0.29) is 21.5 Å². The van der Waals surface area contributed by atoms with Crippen LogP contribution in [0.5, 0.6) is 0 Å². The zero-order valence-electron chi connectivity index (χ0n) is 37.7. The van der Waals surface area contributed by atoms with Crippen LogP contribution in [0.2, 0.25) is 0 Å². The highest BCUT2D eigenvalue weighted by Gasteiger charge is 2.58. The van der Waals surface area contributed by atoms with Gasteiger partial charge in [-0.25, -0.2) is 43.9 Å². The minimum Gasteiger partial charge on any atom is -0.310 e. The maximum Gasteiger partial charge on any atom is 0.200 e. The van der Waals surface area contributed by atoms with Crippen LogP contribution in [0.25, 0.3) is 11.1 Å². The van der Waals surface area contributed by atoms with Crippen LogP contribution in [0.1, 0.15) is 61.1 Å². The Hall–Kier alpha value is -7.12. The van der Waals surface area contributed by atoms with Crippen LogP contribution < -0.4 is 30.5 Å². The van der Waals surface area contributed by atoms with Gasteiger partial charge in [-0.2, -0.15) is 0 Å². The fourth-order valence-corrected chi connectivity index (χ4v) is 16.8. The van der Waals surface area contributed by atoms with Crippen LogP contribution in [0, 0.1) is 72.0 Å². The molecular weight excluding hydrogens is 919 g/mol. The Balaban J connectivity index is 1.31. The second kappa shape index (κ2) is 14.9. The maximum absolute atomic E-state index is 16.9. The van der Waals surface area contributed by atoms with E-state index in [4.69, 9.17) is 0 Å². The monoisotopic (exact) mass is 956 g/mol. The Morgan fingerprint density at radius 2 is 0.681 bits per heavy atom. The lowest BCUT2D eigenvalue weighted by Crippen LogP contribution is -2.76. The van der Waals surface area contributed by atoms with E-state index in [1.165, 1.54) is 24.3 Å². The Labute approximate surface area is 391 Å². The average molecular weight is 957 g/mol. The molecule has 0 aliphatic carbocycles. The van der Waals surface area contributed by atoms with E-state index in [1.807, 2.05) is 109 Å². The summed E-state index contributed by atoms with van der Waals surface area (Å²) >= 11 is 0. The van der Waals surface area contributed by atoms with Crippen LogP contribution >= 0.6 is 0 Å². The number of anilines is 6. The third kappa shape index (κ3) is 5.67. The fourth-order valence-electron chi connectivity index (χ4n) is 11.5. The van der Waals surface area contributed by atoms with Gasteiger partial charge in [-0.3, -0.25) is 0 Å². The largest absolute Gasteiger partial charge is 0.310 e. The molecule has 0 N–H and O–H groups in total. The van der Waals surface area contributed by atoms with Crippen molar-refractivity contribution in [3.63, 3.8) is 0 Å². The van der Waals surface area contributed by atoms with Gasteiger partial charge in [-0.15, -0.1) is 0 Å². The second-order valence-electron chi connectivity index (χ2n) is 19.0. The lowest BCUT2D eigenvalue weighted by atomic mass is 9.73. The van der Waals surface area contributed by atoms with E-state index in [1.54, 1.807) is 12.1 Å². The van der Waals surface area contributed by atoms with Crippen molar-refractivity contribution in [2.75, 3.05) is 9.80 Å². The third-order valence-electron chi connectivity index (χ3n) is 14.7. The molecule has 0 bridgehead atoms. The van der Waals surface area contributed by atoms with E-state index in [0.717, 1.165) is 56.1 Å². The number of aryl methyl sites for hydroxylation is 2. The fraction of sp³-hybridized carbons (Fsp3) is 0.143. The Morgan fingerprint density at radius 3 is 1.04 bits per heavy atom. The van der Waals surface area contributed by atoms with Crippen molar-refractivity contribution < 1.29 is 43.9 Å². The molecule has 0 unspecified atom stereocenters. The van der Waals surface area contributed by atoms with Gasteiger partial charge in [0.25, 0.3) is 0 Å². The first kappa shape index (κ1) is 44.4. The number of nitrogens with zero attached hydrogens (tertiary/aromatic N) is 2. The van der Waals surface area contributed by atoms with Crippen LogP contribution in [-0.4, -0.2) is 8.07 Å². The smallest absolute Gasteiger partial charge is 0.200 e. The first-order chi connectivity index (χ1) is 32.8.